The highest BCUT2D eigenvalue weighted by atomic mass is 127. The molecule has 4 aromatic carbocycles. The van der Waals surface area contributed by atoms with E-state index in [2.05, 4.69) is 26.8 Å². The molecule has 0 aliphatic heterocycles. The number of benzene rings is 4. The molecular formula is C32H26BrClF6I2N4O6. The molecule has 4 rings (SSSR count). The fourth-order valence-electron chi connectivity index (χ4n) is 3.78. The molecular weight excluding hydrogens is 1020 g/mol. The largest absolute Gasteiger partial charge is 0.394 e. The van der Waals surface area contributed by atoms with Crippen molar-refractivity contribution >= 4 is 107 Å². The first-order valence-corrected chi connectivity index (χ1v) is 17.7. The zero-order valence-corrected chi connectivity index (χ0v) is 33.2. The van der Waals surface area contributed by atoms with Crippen LogP contribution in [-0.2, 0) is 9.68 Å². The number of halogens is 10. The molecule has 4 aromatic rings. The molecule has 52 heavy (non-hydrogen) atoms. The highest BCUT2D eigenvalue weighted by Crippen LogP contribution is 2.33. The third-order valence-electron chi connectivity index (χ3n) is 6.41. The Labute approximate surface area is 333 Å². The van der Waals surface area contributed by atoms with Crippen LogP contribution in [0.4, 0.5) is 49.1 Å². The van der Waals surface area contributed by atoms with E-state index >= 15 is 0 Å². The van der Waals surface area contributed by atoms with Crippen molar-refractivity contribution in [2.24, 2.45) is 0 Å². The summed E-state index contributed by atoms with van der Waals surface area (Å²) in [7, 11) is 0. The zero-order valence-electron chi connectivity index (χ0n) is 26.5. The molecule has 10 nitrogen and oxygen atoms in total. The van der Waals surface area contributed by atoms with Gasteiger partial charge in [-0.1, -0.05) is 11.6 Å². The quantitative estimate of drug-likeness (QED) is 0.0314. The van der Waals surface area contributed by atoms with Gasteiger partial charge >= 0.3 is 0 Å². The van der Waals surface area contributed by atoms with E-state index < -0.39 is 80.9 Å². The summed E-state index contributed by atoms with van der Waals surface area (Å²) in [4.78, 5) is 34.6. The highest BCUT2D eigenvalue weighted by molar-refractivity contribution is 14.1. The normalized spacial score (nSPS) is 12.0. The topological polar surface area (TPSA) is 132 Å². The van der Waals surface area contributed by atoms with Crippen LogP contribution in [0.25, 0.3) is 0 Å². The Kier molecular flexibility index (Phi) is 16.7. The molecule has 0 bridgehead atoms. The van der Waals surface area contributed by atoms with Crippen molar-refractivity contribution in [3.8, 4) is 0 Å². The molecule has 0 aromatic heterocycles. The summed E-state index contributed by atoms with van der Waals surface area (Å²) in [5, 5.41) is 22.0. The number of aliphatic hydroxyl groups excluding tert-OH is 2. The van der Waals surface area contributed by atoms with Crippen LogP contribution >= 0.6 is 72.9 Å². The molecule has 20 heteroatoms. The van der Waals surface area contributed by atoms with Crippen molar-refractivity contribution in [2.45, 2.75) is 26.1 Å². The molecule has 5 N–H and O–H groups in total. The van der Waals surface area contributed by atoms with Gasteiger partial charge in [0.05, 0.1) is 68.3 Å². The summed E-state index contributed by atoms with van der Waals surface area (Å²) < 4.78 is 86.0. The van der Waals surface area contributed by atoms with E-state index in [1.54, 1.807) is 12.1 Å². The lowest BCUT2D eigenvalue weighted by Crippen LogP contribution is -2.30. The van der Waals surface area contributed by atoms with Gasteiger partial charge in [-0.3, -0.25) is 19.3 Å². The summed E-state index contributed by atoms with van der Waals surface area (Å²) in [6.07, 6.45) is -1.46. The molecule has 280 valence electrons. The smallest absolute Gasteiger partial charge is 0.290 e. The summed E-state index contributed by atoms with van der Waals surface area (Å²) in [6.45, 7) is 2.22. The second kappa shape index (κ2) is 19.9. The Hall–Kier alpha value is -2.93. The highest BCUT2D eigenvalue weighted by Gasteiger charge is 2.26. The van der Waals surface area contributed by atoms with Gasteiger partial charge in [0.15, 0.2) is 23.3 Å². The number of rotatable bonds is 12. The molecule has 0 aliphatic rings. The average molecular weight is 1050 g/mol. The molecule has 2 amide bonds. The van der Waals surface area contributed by atoms with Gasteiger partial charge in [-0.15, -0.1) is 4.09 Å². The van der Waals surface area contributed by atoms with E-state index in [-0.39, 0.29) is 30.2 Å². The third-order valence-corrected chi connectivity index (χ3v) is 8.52. The number of nitrogens with zero attached hydrogens (tertiary/aromatic N) is 1. The number of hydroxylamine groups is 2. The summed E-state index contributed by atoms with van der Waals surface area (Å²) >= 11 is 12.2. The first-order chi connectivity index (χ1) is 24.5. The van der Waals surface area contributed by atoms with Crippen molar-refractivity contribution < 1.29 is 55.8 Å². The second-order valence-corrected chi connectivity index (χ2v) is 13.9. The molecule has 0 spiro atoms. The SMILES string of the molecule is CC(CO)ON(Br)C(=O)c1ccc(F)c(F)c1Nc1ccc(I)cc1F.CC(CO)ONC(=O)c1cc(Cl)c(F)c(F)c1Nc1ccc(I)cc1F. The van der Waals surface area contributed by atoms with Crippen molar-refractivity contribution in [1.29, 1.82) is 0 Å². The summed E-state index contributed by atoms with van der Waals surface area (Å²) in [5.41, 5.74) is -0.156. The maximum Gasteiger partial charge on any atom is 0.290 e. The third kappa shape index (κ3) is 11.5. The van der Waals surface area contributed by atoms with Crippen LogP contribution in [0.1, 0.15) is 34.6 Å². The van der Waals surface area contributed by atoms with Crippen LogP contribution < -0.4 is 16.1 Å². The Bertz CT molecular complexity index is 1940. The Balaban J connectivity index is 0.000000280. The Morgan fingerprint density at radius 3 is 1.79 bits per heavy atom. The van der Waals surface area contributed by atoms with Crippen LogP contribution in [0.5, 0.6) is 0 Å². The van der Waals surface area contributed by atoms with Gasteiger partial charge in [0.1, 0.15) is 23.8 Å². The van der Waals surface area contributed by atoms with E-state index in [1.165, 1.54) is 38.1 Å². The minimum atomic E-state index is -1.45. The number of nitrogens with one attached hydrogen (secondary N) is 3. The average Bonchev–Trinajstić information content (AvgIpc) is 3.10. The van der Waals surface area contributed by atoms with E-state index in [1.807, 2.05) is 50.7 Å². The van der Waals surface area contributed by atoms with E-state index in [9.17, 15) is 35.9 Å². The van der Waals surface area contributed by atoms with Crippen LogP contribution in [0.2, 0.25) is 5.02 Å². The second-order valence-electron chi connectivity index (χ2n) is 10.4. The Morgan fingerprint density at radius 1 is 0.769 bits per heavy atom. The predicted molar refractivity (Wildman–Crippen MR) is 200 cm³/mol. The van der Waals surface area contributed by atoms with Gasteiger partial charge in [-0.05, 0) is 114 Å². The predicted octanol–water partition coefficient (Wildman–Crippen LogP) is 8.66. The van der Waals surface area contributed by atoms with Gasteiger partial charge in [0.25, 0.3) is 11.8 Å². The van der Waals surface area contributed by atoms with Gasteiger partial charge in [0.2, 0.25) is 0 Å². The fraction of sp³-hybridized carbons (Fsp3) is 0.188. The van der Waals surface area contributed by atoms with Gasteiger partial charge < -0.3 is 20.8 Å². The fourth-order valence-corrected chi connectivity index (χ4v) is 5.35. The molecule has 0 fully saturated rings. The number of amides is 2. The Morgan fingerprint density at radius 2 is 1.29 bits per heavy atom. The maximum absolute atomic E-state index is 14.3. The number of carbonyl (C=O) groups excluding carboxylic acids is 2. The van der Waals surface area contributed by atoms with E-state index in [0.29, 0.717) is 11.2 Å². The van der Waals surface area contributed by atoms with Crippen LogP contribution in [0.3, 0.4) is 0 Å². The van der Waals surface area contributed by atoms with E-state index in [0.717, 1.165) is 18.2 Å². The molecule has 2 atom stereocenters. The molecule has 2 unspecified atom stereocenters. The lowest BCUT2D eigenvalue weighted by Gasteiger charge is -2.20. The maximum atomic E-state index is 14.3. The van der Waals surface area contributed by atoms with Crippen molar-refractivity contribution in [3.63, 3.8) is 0 Å². The standard InChI is InChI=1S/C16H13BrF3IN2O3.C16H13ClF3IN2O3/c1-8(7-24)26-23(17)16(25)10-3-4-11(18)14(20)15(10)22-13-5-2-9(21)6-12(13)19;1-7(6-24)26-23-16(25)9-5-10(17)13(19)14(20)15(9)22-12-3-2-8(21)4-11(12)18/h2-6,8,22,24H,7H2,1H3;2-5,7,22,24H,6H2,1H3,(H,23,25). The van der Waals surface area contributed by atoms with Crippen LogP contribution in [-0.4, -0.2) is 51.5 Å². The molecule has 0 aliphatic carbocycles. The molecule has 0 saturated heterocycles. The molecule has 0 heterocycles. The summed E-state index contributed by atoms with van der Waals surface area (Å²) in [6, 6.07) is 10.8. The first-order valence-electron chi connectivity index (χ1n) is 14.4. The lowest BCUT2D eigenvalue weighted by atomic mass is 10.1. The van der Waals surface area contributed by atoms with Crippen molar-refractivity contribution in [1.82, 2.24) is 9.57 Å². The number of hydrogen-bond acceptors (Lipinski definition) is 8. The zero-order chi connectivity index (χ0) is 38.9. The minimum Gasteiger partial charge on any atom is -0.394 e. The van der Waals surface area contributed by atoms with Crippen LogP contribution in [0.15, 0.2) is 54.6 Å². The monoisotopic (exact) mass is 1040 g/mol. The lowest BCUT2D eigenvalue weighted by molar-refractivity contribution is -0.101. The summed E-state index contributed by atoms with van der Waals surface area (Å²) in [5.74, 6) is -8.64. The number of aliphatic hydroxyl groups is 2. The van der Waals surface area contributed by atoms with Crippen LogP contribution in [0, 0.1) is 42.0 Å². The van der Waals surface area contributed by atoms with Gasteiger partial charge in [0, 0.05) is 7.14 Å². The van der Waals surface area contributed by atoms with Crippen molar-refractivity contribution in [2.75, 3.05) is 23.8 Å². The van der Waals surface area contributed by atoms with Gasteiger partial charge in [-0.2, -0.15) is 0 Å². The number of hydrogen-bond donors (Lipinski definition) is 5. The van der Waals surface area contributed by atoms with Gasteiger partial charge in [-0.25, -0.2) is 31.8 Å². The molecule has 0 saturated carbocycles. The van der Waals surface area contributed by atoms with Crippen molar-refractivity contribution in [3.05, 3.63) is 113 Å². The first kappa shape index (κ1) is 43.5. The minimum absolute atomic E-state index is 0.130. The number of carbonyl (C=O) groups is 2. The molecule has 0 radical (unpaired) electrons. The van der Waals surface area contributed by atoms with E-state index in [4.69, 9.17) is 31.5 Å². The number of anilines is 4.